The van der Waals surface area contributed by atoms with Crippen LogP contribution in [0.5, 0.6) is 0 Å². The second kappa shape index (κ2) is 6.74. The van der Waals surface area contributed by atoms with E-state index in [0.29, 0.717) is 12.6 Å². The first-order valence-electron chi connectivity index (χ1n) is 7.29. The fourth-order valence-electron chi connectivity index (χ4n) is 3.06. The smallest absolute Gasteiger partial charge is 0.0431 e. The fourth-order valence-corrected chi connectivity index (χ4v) is 3.19. The van der Waals surface area contributed by atoms with Crippen LogP contribution in [0.2, 0.25) is 5.02 Å². The maximum absolute atomic E-state index is 8.81. The molecule has 1 fully saturated rings. The molecule has 0 aliphatic heterocycles. The molecular weight excluding hydrogens is 258 g/mol. The normalized spacial score (nSPS) is 18.9. The molecule has 0 saturated heterocycles. The quantitative estimate of drug-likeness (QED) is 0.750. The summed E-state index contributed by atoms with van der Waals surface area (Å²) in [4.78, 5) is 0. The Morgan fingerprint density at radius 3 is 2.47 bits per heavy atom. The Morgan fingerprint density at radius 2 is 1.95 bits per heavy atom. The SMILES string of the molecule is CC(NCCCCO)C1(c2ccc(Cl)cc2)CCC1. The molecule has 19 heavy (non-hydrogen) atoms. The second-order valence-corrected chi connectivity index (χ2v) is 6.06. The summed E-state index contributed by atoms with van der Waals surface area (Å²) in [6.45, 7) is 3.56. The summed E-state index contributed by atoms with van der Waals surface area (Å²) in [5, 5.41) is 13.2. The van der Waals surface area contributed by atoms with Crippen molar-refractivity contribution >= 4 is 11.6 Å². The molecule has 1 atom stereocenters. The Morgan fingerprint density at radius 1 is 1.26 bits per heavy atom. The molecule has 0 heterocycles. The van der Waals surface area contributed by atoms with Gasteiger partial charge < -0.3 is 10.4 Å². The van der Waals surface area contributed by atoms with Gasteiger partial charge in [-0.25, -0.2) is 0 Å². The molecule has 1 aliphatic rings. The minimum atomic E-state index is 0.282. The average Bonchev–Trinajstić information content (AvgIpc) is 2.36. The van der Waals surface area contributed by atoms with Crippen molar-refractivity contribution in [3.05, 3.63) is 34.9 Å². The first-order chi connectivity index (χ1) is 9.19. The lowest BCUT2D eigenvalue weighted by Crippen LogP contribution is -2.51. The van der Waals surface area contributed by atoms with Crippen LogP contribution >= 0.6 is 11.6 Å². The van der Waals surface area contributed by atoms with Crippen LogP contribution in [0, 0.1) is 0 Å². The van der Waals surface area contributed by atoms with Gasteiger partial charge in [0.05, 0.1) is 0 Å². The zero-order valence-corrected chi connectivity index (χ0v) is 12.4. The van der Waals surface area contributed by atoms with Crippen molar-refractivity contribution in [2.45, 2.75) is 50.5 Å². The van der Waals surface area contributed by atoms with Crippen LogP contribution in [-0.4, -0.2) is 24.3 Å². The van der Waals surface area contributed by atoms with E-state index >= 15 is 0 Å². The summed E-state index contributed by atoms with van der Waals surface area (Å²) in [7, 11) is 0. The van der Waals surface area contributed by atoms with Crippen molar-refractivity contribution in [3.8, 4) is 0 Å². The van der Waals surface area contributed by atoms with E-state index < -0.39 is 0 Å². The standard InChI is InChI=1S/C16H24ClNO/c1-13(18-11-2-3-12-19)16(9-4-10-16)14-5-7-15(17)8-6-14/h5-8,13,18-19H,2-4,9-12H2,1H3. The summed E-state index contributed by atoms with van der Waals surface area (Å²) in [5.41, 5.74) is 1.69. The topological polar surface area (TPSA) is 32.3 Å². The number of halogens is 1. The van der Waals surface area contributed by atoms with E-state index in [2.05, 4.69) is 24.4 Å². The second-order valence-electron chi connectivity index (χ2n) is 5.62. The molecule has 1 aliphatic carbocycles. The highest BCUT2D eigenvalue weighted by Crippen LogP contribution is 2.46. The van der Waals surface area contributed by atoms with Gasteiger partial charge in [0.25, 0.3) is 0 Å². The third-order valence-electron chi connectivity index (χ3n) is 4.53. The Bertz CT molecular complexity index is 386. The summed E-state index contributed by atoms with van der Waals surface area (Å²) in [5.74, 6) is 0. The van der Waals surface area contributed by atoms with Crippen LogP contribution in [0.4, 0.5) is 0 Å². The number of benzene rings is 1. The largest absolute Gasteiger partial charge is 0.396 e. The number of hydrogen-bond donors (Lipinski definition) is 2. The number of hydrogen-bond acceptors (Lipinski definition) is 2. The van der Waals surface area contributed by atoms with Crippen LogP contribution < -0.4 is 5.32 Å². The number of aliphatic hydroxyl groups excluding tert-OH is 1. The number of unbranched alkanes of at least 4 members (excludes halogenated alkanes) is 1. The highest BCUT2D eigenvalue weighted by molar-refractivity contribution is 6.30. The Hall–Kier alpha value is -0.570. The van der Waals surface area contributed by atoms with Crippen LogP contribution in [0.15, 0.2) is 24.3 Å². The average molecular weight is 282 g/mol. The number of rotatable bonds is 7. The third kappa shape index (κ3) is 3.31. The molecule has 0 amide bonds. The number of aliphatic hydroxyl groups is 1. The lowest BCUT2D eigenvalue weighted by atomic mass is 9.60. The fraction of sp³-hybridized carbons (Fsp3) is 0.625. The van der Waals surface area contributed by atoms with Crippen molar-refractivity contribution in [1.82, 2.24) is 5.32 Å². The first kappa shape index (κ1) is 14.8. The molecule has 106 valence electrons. The van der Waals surface area contributed by atoms with E-state index in [-0.39, 0.29) is 5.41 Å². The van der Waals surface area contributed by atoms with E-state index in [1.54, 1.807) is 0 Å². The highest BCUT2D eigenvalue weighted by atomic mass is 35.5. The van der Waals surface area contributed by atoms with Gasteiger partial charge in [0.2, 0.25) is 0 Å². The van der Waals surface area contributed by atoms with Gasteiger partial charge in [-0.3, -0.25) is 0 Å². The zero-order chi connectivity index (χ0) is 13.7. The predicted octanol–water partition coefficient (Wildman–Crippen LogP) is 3.51. The van der Waals surface area contributed by atoms with Gasteiger partial charge in [0.15, 0.2) is 0 Å². The van der Waals surface area contributed by atoms with Crippen molar-refractivity contribution < 1.29 is 5.11 Å². The molecule has 0 aromatic heterocycles. The molecule has 2 rings (SSSR count). The molecule has 2 nitrogen and oxygen atoms in total. The molecular formula is C16H24ClNO. The van der Waals surface area contributed by atoms with Gasteiger partial charge in [-0.2, -0.15) is 0 Å². The molecule has 2 N–H and O–H groups in total. The molecule has 0 bridgehead atoms. The molecule has 1 aromatic rings. The van der Waals surface area contributed by atoms with E-state index in [1.165, 1.54) is 24.8 Å². The van der Waals surface area contributed by atoms with E-state index in [4.69, 9.17) is 16.7 Å². The van der Waals surface area contributed by atoms with Crippen molar-refractivity contribution in [2.75, 3.05) is 13.2 Å². The van der Waals surface area contributed by atoms with Crippen molar-refractivity contribution in [3.63, 3.8) is 0 Å². The maximum Gasteiger partial charge on any atom is 0.0431 e. The summed E-state index contributed by atoms with van der Waals surface area (Å²) in [6.07, 6.45) is 5.74. The van der Waals surface area contributed by atoms with Gasteiger partial charge in [-0.15, -0.1) is 0 Å². The van der Waals surface area contributed by atoms with Gasteiger partial charge in [-0.05, 0) is 56.8 Å². The highest BCUT2D eigenvalue weighted by Gasteiger charge is 2.42. The molecule has 3 heteroatoms. The van der Waals surface area contributed by atoms with Crippen molar-refractivity contribution in [1.29, 1.82) is 0 Å². The van der Waals surface area contributed by atoms with Crippen LogP contribution in [0.3, 0.4) is 0 Å². The van der Waals surface area contributed by atoms with Gasteiger partial charge >= 0.3 is 0 Å². The van der Waals surface area contributed by atoms with Gasteiger partial charge in [-0.1, -0.05) is 30.2 Å². The molecule has 1 saturated carbocycles. The van der Waals surface area contributed by atoms with E-state index in [9.17, 15) is 0 Å². The van der Waals surface area contributed by atoms with Crippen LogP contribution in [0.1, 0.15) is 44.6 Å². The zero-order valence-electron chi connectivity index (χ0n) is 11.7. The minimum Gasteiger partial charge on any atom is -0.396 e. The third-order valence-corrected chi connectivity index (χ3v) is 4.78. The monoisotopic (exact) mass is 281 g/mol. The van der Waals surface area contributed by atoms with Gasteiger partial charge in [0.1, 0.15) is 0 Å². The van der Waals surface area contributed by atoms with Crippen LogP contribution in [0.25, 0.3) is 0 Å². The van der Waals surface area contributed by atoms with Crippen molar-refractivity contribution in [2.24, 2.45) is 0 Å². The van der Waals surface area contributed by atoms with E-state index in [1.807, 2.05) is 12.1 Å². The lowest BCUT2D eigenvalue weighted by Gasteiger charge is -2.47. The van der Waals surface area contributed by atoms with Gasteiger partial charge in [0, 0.05) is 23.1 Å². The van der Waals surface area contributed by atoms with E-state index in [0.717, 1.165) is 24.4 Å². The first-order valence-corrected chi connectivity index (χ1v) is 7.67. The lowest BCUT2D eigenvalue weighted by molar-refractivity contribution is 0.178. The minimum absolute atomic E-state index is 0.282. The summed E-state index contributed by atoms with van der Waals surface area (Å²) < 4.78 is 0. The summed E-state index contributed by atoms with van der Waals surface area (Å²) in [6, 6.07) is 8.81. The molecule has 0 radical (unpaired) electrons. The Balaban J connectivity index is 1.99. The molecule has 1 aromatic carbocycles. The summed E-state index contributed by atoms with van der Waals surface area (Å²) >= 11 is 5.98. The number of nitrogens with one attached hydrogen (secondary N) is 1. The molecule has 0 spiro atoms. The maximum atomic E-state index is 8.81. The Labute approximate surface area is 121 Å². The Kier molecular flexibility index (Phi) is 5.26. The molecule has 1 unspecified atom stereocenters. The predicted molar refractivity (Wildman–Crippen MR) is 80.8 cm³/mol. The van der Waals surface area contributed by atoms with Crippen LogP contribution in [-0.2, 0) is 5.41 Å².